The molecule has 58 valence electrons. The minimum atomic E-state index is -0.118. The summed E-state index contributed by atoms with van der Waals surface area (Å²) in [5.41, 5.74) is 1.25. The van der Waals surface area contributed by atoms with Crippen molar-refractivity contribution in [3.63, 3.8) is 0 Å². The van der Waals surface area contributed by atoms with Crippen molar-refractivity contribution in [3.8, 4) is 0 Å². The molecule has 0 spiro atoms. The van der Waals surface area contributed by atoms with Crippen molar-refractivity contribution in [1.82, 2.24) is 0 Å². The number of aliphatic hydroxyl groups excluding tert-OH is 1. The Morgan fingerprint density at radius 3 is 2.50 bits per heavy atom. The van der Waals surface area contributed by atoms with Crippen LogP contribution in [0.1, 0.15) is 26.7 Å². The smallest absolute Gasteiger partial charge is 0.0611 e. The summed E-state index contributed by atoms with van der Waals surface area (Å²) in [6.45, 7) is 8.23. The summed E-state index contributed by atoms with van der Waals surface area (Å²) >= 11 is 0. The molecule has 1 aliphatic rings. The Bertz CT molecular complexity index is 140. The fourth-order valence-corrected chi connectivity index (χ4v) is 1.82. The molecule has 0 radical (unpaired) electrons. The highest BCUT2D eigenvalue weighted by Gasteiger charge is 2.32. The molecule has 3 atom stereocenters. The van der Waals surface area contributed by atoms with E-state index >= 15 is 0 Å². The first kappa shape index (κ1) is 7.80. The van der Waals surface area contributed by atoms with Crippen LogP contribution in [0.2, 0.25) is 0 Å². The minimum absolute atomic E-state index is 0.118. The fraction of sp³-hybridized carbons (Fsp3) is 0.778. The average molecular weight is 140 g/mol. The quantitative estimate of drug-likeness (QED) is 0.552. The van der Waals surface area contributed by atoms with Crippen LogP contribution in [0.4, 0.5) is 0 Å². The minimum Gasteiger partial charge on any atom is -0.392 e. The van der Waals surface area contributed by atoms with Crippen LogP contribution >= 0.6 is 0 Å². The molecule has 0 bridgehead atoms. The van der Waals surface area contributed by atoms with E-state index in [1.54, 1.807) is 0 Å². The highest BCUT2D eigenvalue weighted by molar-refractivity contribution is 5.13. The Hall–Kier alpha value is -0.300. The Balaban J connectivity index is 2.64. The molecule has 1 fully saturated rings. The van der Waals surface area contributed by atoms with Crippen LogP contribution in [-0.2, 0) is 0 Å². The average Bonchev–Trinajstić information content (AvgIpc) is 2.09. The highest BCUT2D eigenvalue weighted by Crippen LogP contribution is 2.36. The molecule has 1 saturated carbocycles. The maximum atomic E-state index is 9.47. The third-order valence-electron chi connectivity index (χ3n) is 2.61. The zero-order valence-corrected chi connectivity index (χ0v) is 6.80. The molecule has 0 aromatic heterocycles. The molecule has 1 heteroatoms. The van der Waals surface area contributed by atoms with Crippen molar-refractivity contribution >= 4 is 0 Å². The third-order valence-corrected chi connectivity index (χ3v) is 2.61. The van der Waals surface area contributed by atoms with E-state index in [4.69, 9.17) is 0 Å². The van der Waals surface area contributed by atoms with Crippen LogP contribution < -0.4 is 0 Å². The molecule has 0 heterocycles. The number of rotatable bonds is 1. The molecule has 0 unspecified atom stereocenters. The van der Waals surface area contributed by atoms with Gasteiger partial charge in [-0.25, -0.2) is 0 Å². The van der Waals surface area contributed by atoms with Crippen LogP contribution in [-0.4, -0.2) is 11.2 Å². The van der Waals surface area contributed by atoms with Gasteiger partial charge in [0.05, 0.1) is 6.10 Å². The van der Waals surface area contributed by atoms with Gasteiger partial charge < -0.3 is 5.11 Å². The van der Waals surface area contributed by atoms with E-state index in [2.05, 4.69) is 20.4 Å². The molecule has 0 saturated heterocycles. The van der Waals surface area contributed by atoms with Crippen LogP contribution in [0.5, 0.6) is 0 Å². The van der Waals surface area contributed by atoms with Crippen LogP contribution in [0, 0.1) is 11.8 Å². The summed E-state index contributed by atoms with van der Waals surface area (Å²) in [7, 11) is 0. The second-order valence-corrected chi connectivity index (χ2v) is 3.29. The van der Waals surface area contributed by atoms with Gasteiger partial charge in [-0.2, -0.15) is 0 Å². The normalized spacial score (nSPS) is 40.7. The zero-order valence-electron chi connectivity index (χ0n) is 6.80. The van der Waals surface area contributed by atoms with Gasteiger partial charge in [0.15, 0.2) is 0 Å². The fourth-order valence-electron chi connectivity index (χ4n) is 1.82. The summed E-state index contributed by atoms with van der Waals surface area (Å²) in [6, 6.07) is 0. The monoisotopic (exact) mass is 140 g/mol. The van der Waals surface area contributed by atoms with Crippen LogP contribution in [0.3, 0.4) is 0 Å². The lowest BCUT2D eigenvalue weighted by Gasteiger charge is -2.12. The van der Waals surface area contributed by atoms with E-state index in [1.807, 2.05) is 0 Å². The lowest BCUT2D eigenvalue weighted by Crippen LogP contribution is -2.12. The lowest BCUT2D eigenvalue weighted by atomic mass is 9.97. The van der Waals surface area contributed by atoms with Crippen molar-refractivity contribution in [1.29, 1.82) is 0 Å². The van der Waals surface area contributed by atoms with Gasteiger partial charge in [0.2, 0.25) is 0 Å². The van der Waals surface area contributed by atoms with Crippen molar-refractivity contribution in [3.05, 3.63) is 12.2 Å². The van der Waals surface area contributed by atoms with E-state index in [0.29, 0.717) is 11.8 Å². The van der Waals surface area contributed by atoms with Gasteiger partial charge in [0.25, 0.3) is 0 Å². The second-order valence-electron chi connectivity index (χ2n) is 3.29. The largest absolute Gasteiger partial charge is 0.392 e. The maximum absolute atomic E-state index is 9.47. The Labute approximate surface area is 62.8 Å². The summed E-state index contributed by atoms with van der Waals surface area (Å²) in [5, 5.41) is 9.47. The van der Waals surface area contributed by atoms with Gasteiger partial charge in [0, 0.05) is 5.92 Å². The number of hydrogen-bond donors (Lipinski definition) is 1. The van der Waals surface area contributed by atoms with E-state index < -0.39 is 0 Å². The van der Waals surface area contributed by atoms with Gasteiger partial charge in [-0.1, -0.05) is 26.0 Å². The van der Waals surface area contributed by atoms with E-state index in [-0.39, 0.29) is 6.10 Å². The molecule has 0 aromatic rings. The molecule has 0 amide bonds. The topological polar surface area (TPSA) is 20.2 Å². The molecular formula is C9H16O. The first-order chi connectivity index (χ1) is 4.66. The number of aliphatic hydroxyl groups is 1. The lowest BCUT2D eigenvalue weighted by molar-refractivity contribution is 0.136. The molecule has 1 N–H and O–H groups in total. The molecule has 0 aromatic carbocycles. The number of hydrogen-bond acceptors (Lipinski definition) is 1. The van der Waals surface area contributed by atoms with Crippen molar-refractivity contribution in [2.24, 2.45) is 11.8 Å². The van der Waals surface area contributed by atoms with Crippen LogP contribution in [0.25, 0.3) is 0 Å². The summed E-state index contributed by atoms with van der Waals surface area (Å²) in [5.74, 6) is 0.898. The Morgan fingerprint density at radius 1 is 1.70 bits per heavy atom. The van der Waals surface area contributed by atoms with E-state index in [0.717, 1.165) is 12.8 Å². The summed E-state index contributed by atoms with van der Waals surface area (Å²) < 4.78 is 0. The third kappa shape index (κ3) is 1.10. The predicted molar refractivity (Wildman–Crippen MR) is 42.7 cm³/mol. The zero-order chi connectivity index (χ0) is 7.72. The Kier molecular flexibility index (Phi) is 2.14. The van der Waals surface area contributed by atoms with Gasteiger partial charge in [0.1, 0.15) is 0 Å². The standard InChI is InChI=1S/C9H16O/c1-4-8-7(3)6(2)5-9(8)10/h6,8-10H,3-5H2,1-2H3/t6-,8-,9-/m0/s1. The van der Waals surface area contributed by atoms with E-state index in [1.165, 1.54) is 5.57 Å². The van der Waals surface area contributed by atoms with Gasteiger partial charge in [-0.3, -0.25) is 0 Å². The first-order valence-electron chi connectivity index (χ1n) is 4.03. The Morgan fingerprint density at radius 2 is 2.30 bits per heavy atom. The van der Waals surface area contributed by atoms with Gasteiger partial charge in [-0.15, -0.1) is 0 Å². The first-order valence-corrected chi connectivity index (χ1v) is 4.03. The van der Waals surface area contributed by atoms with Crippen molar-refractivity contribution < 1.29 is 5.11 Å². The van der Waals surface area contributed by atoms with Crippen LogP contribution in [0.15, 0.2) is 12.2 Å². The van der Waals surface area contributed by atoms with Gasteiger partial charge >= 0.3 is 0 Å². The molecule has 1 rings (SSSR count). The molecule has 1 nitrogen and oxygen atoms in total. The van der Waals surface area contributed by atoms with Crippen molar-refractivity contribution in [2.45, 2.75) is 32.8 Å². The molecule has 10 heavy (non-hydrogen) atoms. The second kappa shape index (κ2) is 2.75. The molecule has 0 aliphatic heterocycles. The van der Waals surface area contributed by atoms with Crippen molar-refractivity contribution in [2.75, 3.05) is 0 Å². The van der Waals surface area contributed by atoms with E-state index in [9.17, 15) is 5.11 Å². The summed E-state index contributed by atoms with van der Waals surface area (Å²) in [6.07, 6.45) is 1.83. The summed E-state index contributed by atoms with van der Waals surface area (Å²) in [4.78, 5) is 0. The predicted octanol–water partition coefficient (Wildman–Crippen LogP) is 1.97. The molecular weight excluding hydrogens is 124 g/mol. The highest BCUT2D eigenvalue weighted by atomic mass is 16.3. The molecule has 1 aliphatic carbocycles. The van der Waals surface area contributed by atoms with Gasteiger partial charge in [-0.05, 0) is 18.8 Å². The maximum Gasteiger partial charge on any atom is 0.0611 e. The SMILES string of the molecule is C=C1[C@@H](C)C[C@H](O)[C@H]1CC.